The number of hydrogen-bond donors (Lipinski definition) is 2. The smallest absolute Gasteiger partial charge is 0.376 e. The van der Waals surface area contributed by atoms with Crippen LogP contribution in [0.2, 0.25) is 0 Å². The molecule has 2 N–H and O–H groups in total. The van der Waals surface area contributed by atoms with Crippen molar-refractivity contribution in [2.75, 3.05) is 18.9 Å². The lowest BCUT2D eigenvalue weighted by molar-refractivity contribution is 0.415. The first kappa shape index (κ1) is 12.8. The standard InChI is InChI=1S/C8H13BN2O4S/c1-14-8-5-3-4-7(6-8)10-16(12,13)11-9-15-2/h3-6,9-11H,1-2H3. The maximum Gasteiger partial charge on any atom is 0.376 e. The van der Waals surface area contributed by atoms with Crippen molar-refractivity contribution < 1.29 is 17.8 Å². The van der Waals surface area contributed by atoms with E-state index in [4.69, 9.17) is 4.74 Å². The maximum atomic E-state index is 11.4. The summed E-state index contributed by atoms with van der Waals surface area (Å²) in [5.41, 5.74) is 0.419. The van der Waals surface area contributed by atoms with E-state index in [9.17, 15) is 8.42 Å². The second kappa shape index (κ2) is 5.73. The van der Waals surface area contributed by atoms with Gasteiger partial charge in [0, 0.05) is 13.2 Å². The van der Waals surface area contributed by atoms with Crippen molar-refractivity contribution in [3.05, 3.63) is 24.3 Å². The van der Waals surface area contributed by atoms with Crippen molar-refractivity contribution in [3.8, 4) is 5.75 Å². The number of methoxy groups -OCH3 is 1. The normalized spacial score (nSPS) is 10.9. The van der Waals surface area contributed by atoms with E-state index >= 15 is 0 Å². The molecule has 0 aliphatic heterocycles. The summed E-state index contributed by atoms with van der Waals surface area (Å²) < 4.78 is 36.9. The molecule has 0 heterocycles. The highest BCUT2D eigenvalue weighted by Crippen LogP contribution is 2.17. The van der Waals surface area contributed by atoms with E-state index in [-0.39, 0.29) is 7.62 Å². The van der Waals surface area contributed by atoms with Crippen molar-refractivity contribution in [2.45, 2.75) is 0 Å². The monoisotopic (exact) mass is 244 g/mol. The van der Waals surface area contributed by atoms with Crippen LogP contribution in [0.25, 0.3) is 0 Å². The number of nitrogens with one attached hydrogen (secondary N) is 2. The fraction of sp³-hybridized carbons (Fsp3) is 0.250. The highest BCUT2D eigenvalue weighted by molar-refractivity contribution is 7.91. The average Bonchev–Trinajstić information content (AvgIpc) is 2.26. The van der Waals surface area contributed by atoms with Gasteiger partial charge >= 0.3 is 7.62 Å². The Morgan fingerprint density at radius 1 is 1.31 bits per heavy atom. The summed E-state index contributed by atoms with van der Waals surface area (Å²) in [5, 5.41) is 0. The van der Waals surface area contributed by atoms with Crippen molar-refractivity contribution in [3.63, 3.8) is 0 Å². The van der Waals surface area contributed by atoms with Gasteiger partial charge < -0.3 is 9.39 Å². The first-order chi connectivity index (χ1) is 7.57. The molecular weight excluding hydrogens is 231 g/mol. The molecule has 1 aromatic rings. The molecule has 0 aliphatic rings. The zero-order valence-corrected chi connectivity index (χ0v) is 9.87. The number of rotatable bonds is 6. The lowest BCUT2D eigenvalue weighted by atomic mass is 10.3. The Labute approximate surface area is 95.4 Å². The van der Waals surface area contributed by atoms with Gasteiger partial charge in [0.15, 0.2) is 0 Å². The summed E-state index contributed by atoms with van der Waals surface area (Å²) in [5.74, 6) is 0.576. The lowest BCUT2D eigenvalue weighted by Gasteiger charge is -2.08. The van der Waals surface area contributed by atoms with Gasteiger partial charge in [0.05, 0.1) is 12.8 Å². The fourth-order valence-corrected chi connectivity index (χ4v) is 1.80. The van der Waals surface area contributed by atoms with Crippen LogP contribution in [-0.4, -0.2) is 30.3 Å². The van der Waals surface area contributed by atoms with Crippen LogP contribution in [0.15, 0.2) is 24.3 Å². The molecule has 1 rings (SSSR count). The molecule has 0 atom stereocenters. The van der Waals surface area contributed by atoms with Crippen molar-refractivity contribution in [2.24, 2.45) is 0 Å². The third kappa shape index (κ3) is 4.09. The molecule has 0 spiro atoms. The highest BCUT2D eigenvalue weighted by Gasteiger charge is 2.09. The Kier molecular flexibility index (Phi) is 4.60. The van der Waals surface area contributed by atoms with E-state index in [0.29, 0.717) is 11.4 Å². The molecule has 8 heteroatoms. The van der Waals surface area contributed by atoms with Crippen LogP contribution < -0.4 is 14.1 Å². The highest BCUT2D eigenvalue weighted by atomic mass is 32.2. The van der Waals surface area contributed by atoms with E-state index < -0.39 is 10.2 Å². The predicted molar refractivity (Wildman–Crippen MR) is 62.8 cm³/mol. The second-order valence-corrected chi connectivity index (χ2v) is 4.41. The van der Waals surface area contributed by atoms with Gasteiger partial charge in [-0.05, 0) is 12.1 Å². The molecule has 0 unspecified atom stereocenters. The number of hydrogen-bond acceptors (Lipinski definition) is 4. The minimum Gasteiger partial charge on any atom is -0.497 e. The summed E-state index contributed by atoms with van der Waals surface area (Å²) in [6.45, 7) is 0. The second-order valence-electron chi connectivity index (χ2n) is 2.91. The Morgan fingerprint density at radius 3 is 2.69 bits per heavy atom. The molecule has 16 heavy (non-hydrogen) atoms. The van der Waals surface area contributed by atoms with Crippen LogP contribution in [0.3, 0.4) is 0 Å². The molecule has 1 aromatic carbocycles. The minimum absolute atomic E-state index is 0.0840. The fourth-order valence-electron chi connectivity index (χ4n) is 1.01. The van der Waals surface area contributed by atoms with Crippen LogP contribution in [0.5, 0.6) is 5.75 Å². The summed E-state index contributed by atoms with van der Waals surface area (Å²) in [4.78, 5) is 0. The lowest BCUT2D eigenvalue weighted by Crippen LogP contribution is -2.33. The van der Waals surface area contributed by atoms with Crippen LogP contribution in [0.4, 0.5) is 5.69 Å². The van der Waals surface area contributed by atoms with E-state index in [1.165, 1.54) is 14.2 Å². The third-order valence-corrected chi connectivity index (χ3v) is 2.72. The molecule has 88 valence electrons. The first-order valence-corrected chi connectivity index (χ1v) is 5.96. The van der Waals surface area contributed by atoms with Gasteiger partial charge in [-0.1, -0.05) is 6.07 Å². The molecule has 0 saturated heterocycles. The molecular formula is C8H13BN2O4S. The predicted octanol–water partition coefficient (Wildman–Crippen LogP) is -0.146. The van der Waals surface area contributed by atoms with Crippen molar-refractivity contribution in [1.82, 2.24) is 4.63 Å². The molecule has 0 fully saturated rings. The van der Waals surface area contributed by atoms with Crippen LogP contribution >= 0.6 is 0 Å². The molecule has 0 amide bonds. The van der Waals surface area contributed by atoms with E-state index in [0.717, 1.165) is 0 Å². The van der Waals surface area contributed by atoms with Gasteiger partial charge in [0.2, 0.25) is 0 Å². The van der Waals surface area contributed by atoms with E-state index in [1.807, 2.05) is 0 Å². The Morgan fingerprint density at radius 2 is 2.06 bits per heavy atom. The molecule has 0 radical (unpaired) electrons. The van der Waals surface area contributed by atoms with E-state index in [2.05, 4.69) is 14.0 Å². The van der Waals surface area contributed by atoms with Gasteiger partial charge in [-0.25, -0.2) is 4.63 Å². The SMILES string of the molecule is COBNS(=O)(=O)Nc1cccc(OC)c1. The summed E-state index contributed by atoms with van der Waals surface area (Å²) in [6.07, 6.45) is 0. The number of anilines is 1. The van der Waals surface area contributed by atoms with Crippen molar-refractivity contribution >= 4 is 23.5 Å². The Balaban J connectivity index is 2.72. The summed E-state index contributed by atoms with van der Waals surface area (Å²) >= 11 is 0. The first-order valence-electron chi connectivity index (χ1n) is 4.48. The largest absolute Gasteiger partial charge is 0.497 e. The maximum absolute atomic E-state index is 11.4. The quantitative estimate of drug-likeness (QED) is 0.682. The Hall–Kier alpha value is -1.25. The van der Waals surface area contributed by atoms with Crippen LogP contribution in [0, 0.1) is 0 Å². The molecule has 0 saturated carbocycles. The van der Waals surface area contributed by atoms with E-state index in [1.54, 1.807) is 24.3 Å². The van der Waals surface area contributed by atoms with Gasteiger partial charge in [-0.3, -0.25) is 4.72 Å². The zero-order valence-electron chi connectivity index (χ0n) is 9.06. The molecule has 6 nitrogen and oxygen atoms in total. The van der Waals surface area contributed by atoms with Gasteiger partial charge in [0.1, 0.15) is 5.75 Å². The van der Waals surface area contributed by atoms with Crippen molar-refractivity contribution in [1.29, 1.82) is 0 Å². The third-order valence-electron chi connectivity index (χ3n) is 1.72. The molecule has 0 bridgehead atoms. The van der Waals surface area contributed by atoms with Gasteiger partial charge in [-0.15, -0.1) is 0 Å². The van der Waals surface area contributed by atoms with Gasteiger partial charge in [0.25, 0.3) is 10.2 Å². The van der Waals surface area contributed by atoms with Crippen LogP contribution in [-0.2, 0) is 14.9 Å². The molecule has 0 aliphatic carbocycles. The zero-order chi connectivity index (χ0) is 12.0. The minimum atomic E-state index is -3.60. The van der Waals surface area contributed by atoms with Gasteiger partial charge in [-0.2, -0.15) is 8.42 Å². The summed E-state index contributed by atoms with van der Waals surface area (Å²) in [7, 11) is -0.779. The molecule has 0 aromatic heterocycles. The number of ether oxygens (including phenoxy) is 1. The number of benzene rings is 1. The summed E-state index contributed by atoms with van der Waals surface area (Å²) in [6, 6.07) is 6.61. The topological polar surface area (TPSA) is 76.7 Å². The van der Waals surface area contributed by atoms with Crippen LogP contribution in [0.1, 0.15) is 0 Å². The average molecular weight is 244 g/mol. The Bertz CT molecular complexity index is 437.